The van der Waals surface area contributed by atoms with Crippen LogP contribution in [-0.4, -0.2) is 54.4 Å². The van der Waals surface area contributed by atoms with Crippen molar-refractivity contribution in [2.45, 2.75) is 72.2 Å². The third kappa shape index (κ3) is 3.01. The number of esters is 3. The summed E-state index contributed by atoms with van der Waals surface area (Å²) >= 11 is 0. The summed E-state index contributed by atoms with van der Waals surface area (Å²) in [4.78, 5) is 64.9. The number of fused-ring (bicyclic) bond motifs is 2. The zero-order valence-electron chi connectivity index (χ0n) is 20.6. The minimum atomic E-state index is -1.73. The second-order valence-corrected chi connectivity index (χ2v) is 10.7. The number of Topliss-reactive ketones (excluding diaryl/α,β-unsaturated/α-hetero) is 2. The minimum absolute atomic E-state index is 0.129. The predicted octanol–water partition coefficient (Wildman–Crippen LogP) is 2.15. The molecule has 0 unspecified atom stereocenters. The van der Waals surface area contributed by atoms with E-state index in [4.69, 9.17) is 18.9 Å². The van der Waals surface area contributed by atoms with Gasteiger partial charge in [-0.25, -0.2) is 0 Å². The van der Waals surface area contributed by atoms with E-state index in [-0.39, 0.29) is 29.8 Å². The Morgan fingerprint density at radius 3 is 2.29 bits per heavy atom. The largest absolute Gasteiger partial charge is 0.493 e. The normalized spacial score (nSPS) is 45.3. The zero-order valence-corrected chi connectivity index (χ0v) is 20.6. The highest BCUT2D eigenvalue weighted by Gasteiger charge is 2.77. The van der Waals surface area contributed by atoms with Gasteiger partial charge in [-0.3, -0.25) is 24.0 Å². The lowest BCUT2D eigenvalue weighted by molar-refractivity contribution is -0.274. The fourth-order valence-electron chi connectivity index (χ4n) is 7.70. The first-order valence-corrected chi connectivity index (χ1v) is 11.6. The molecule has 0 N–H and O–H groups in total. The van der Waals surface area contributed by atoms with E-state index in [0.29, 0.717) is 6.42 Å². The molecule has 2 saturated carbocycles. The summed E-state index contributed by atoms with van der Waals surface area (Å²) in [6.07, 6.45) is -0.0567. The fourth-order valence-corrected chi connectivity index (χ4v) is 7.70. The van der Waals surface area contributed by atoms with Gasteiger partial charge in [-0.15, -0.1) is 0 Å². The maximum absolute atomic E-state index is 14.0. The highest BCUT2D eigenvalue weighted by molar-refractivity contribution is 6.02. The lowest BCUT2D eigenvalue weighted by Gasteiger charge is -2.68. The third-order valence-corrected chi connectivity index (χ3v) is 8.99. The van der Waals surface area contributed by atoms with Crippen LogP contribution in [0.1, 0.15) is 54.4 Å². The molecule has 0 spiro atoms. The van der Waals surface area contributed by atoms with Gasteiger partial charge in [0, 0.05) is 36.5 Å². The van der Waals surface area contributed by atoms with Crippen LogP contribution in [0.2, 0.25) is 0 Å². The van der Waals surface area contributed by atoms with Crippen LogP contribution in [0.4, 0.5) is 0 Å². The molecule has 186 valence electrons. The van der Waals surface area contributed by atoms with Crippen molar-refractivity contribution in [3.63, 3.8) is 0 Å². The Labute approximate surface area is 198 Å². The summed E-state index contributed by atoms with van der Waals surface area (Å²) in [6, 6.07) is 0. The minimum Gasteiger partial charge on any atom is -0.493 e. The molecular formula is C25H32O9. The first kappa shape index (κ1) is 24.4. The van der Waals surface area contributed by atoms with Crippen molar-refractivity contribution >= 4 is 29.5 Å². The molecule has 0 aromatic rings. The molecule has 1 heterocycles. The van der Waals surface area contributed by atoms with Gasteiger partial charge in [0.1, 0.15) is 6.10 Å². The van der Waals surface area contributed by atoms with Gasteiger partial charge in [0.15, 0.2) is 17.5 Å². The molecule has 4 rings (SSSR count). The average Bonchev–Trinajstić information content (AvgIpc) is 2.72. The van der Waals surface area contributed by atoms with E-state index in [2.05, 4.69) is 0 Å². The number of methoxy groups -OCH3 is 1. The Morgan fingerprint density at radius 1 is 1.09 bits per heavy atom. The van der Waals surface area contributed by atoms with Crippen LogP contribution in [0.15, 0.2) is 11.8 Å². The molecule has 9 heteroatoms. The van der Waals surface area contributed by atoms with E-state index < -0.39 is 64.2 Å². The lowest BCUT2D eigenvalue weighted by atomic mass is 9.37. The summed E-state index contributed by atoms with van der Waals surface area (Å²) in [7, 11) is 1.42. The topological polar surface area (TPSA) is 122 Å². The van der Waals surface area contributed by atoms with Gasteiger partial charge < -0.3 is 18.9 Å². The highest BCUT2D eigenvalue weighted by Crippen LogP contribution is 2.69. The van der Waals surface area contributed by atoms with Crippen LogP contribution in [0, 0.1) is 34.5 Å². The number of carbonyl (C=O) groups is 5. The molecule has 0 aromatic heterocycles. The SMILES string of the molecule is COC1=C[C@@H](C)[C@@H]2C[C@H]3OC(=O)C[C@@H]4[C@@]3(C)[C@H]([C@H](OC(C)=O)C(=O)[C@@]4(C)OC(C)=O)[C@@]2(C)C1=O. The van der Waals surface area contributed by atoms with Crippen molar-refractivity contribution in [1.82, 2.24) is 0 Å². The van der Waals surface area contributed by atoms with Crippen LogP contribution >= 0.6 is 0 Å². The molecule has 0 aromatic carbocycles. The quantitative estimate of drug-likeness (QED) is 0.445. The van der Waals surface area contributed by atoms with Crippen molar-refractivity contribution in [2.24, 2.45) is 34.5 Å². The van der Waals surface area contributed by atoms with Crippen LogP contribution in [0.25, 0.3) is 0 Å². The summed E-state index contributed by atoms with van der Waals surface area (Å²) in [5.41, 5.74) is -3.88. The molecule has 0 radical (unpaired) electrons. The van der Waals surface area contributed by atoms with Crippen LogP contribution in [-0.2, 0) is 42.9 Å². The lowest BCUT2D eigenvalue weighted by Crippen LogP contribution is -2.77. The van der Waals surface area contributed by atoms with Gasteiger partial charge in [0.2, 0.25) is 11.6 Å². The van der Waals surface area contributed by atoms with Crippen LogP contribution in [0.5, 0.6) is 0 Å². The van der Waals surface area contributed by atoms with E-state index in [1.807, 2.05) is 13.8 Å². The number of allylic oxidation sites excluding steroid dienone is 2. The second-order valence-electron chi connectivity index (χ2n) is 10.7. The molecule has 1 saturated heterocycles. The average molecular weight is 477 g/mol. The molecule has 3 fully saturated rings. The van der Waals surface area contributed by atoms with E-state index in [0.717, 1.165) is 0 Å². The van der Waals surface area contributed by atoms with E-state index >= 15 is 0 Å². The van der Waals surface area contributed by atoms with E-state index in [1.165, 1.54) is 27.9 Å². The van der Waals surface area contributed by atoms with Crippen LogP contribution in [0.3, 0.4) is 0 Å². The number of hydrogen-bond acceptors (Lipinski definition) is 9. The Bertz CT molecular complexity index is 1010. The van der Waals surface area contributed by atoms with Crippen molar-refractivity contribution in [3.8, 4) is 0 Å². The molecule has 9 atom stereocenters. The number of rotatable bonds is 3. The van der Waals surface area contributed by atoms with E-state index in [9.17, 15) is 24.0 Å². The van der Waals surface area contributed by atoms with Gasteiger partial charge >= 0.3 is 17.9 Å². The highest BCUT2D eigenvalue weighted by atomic mass is 16.6. The number of ether oxygens (including phenoxy) is 4. The number of hydrogen-bond donors (Lipinski definition) is 0. The van der Waals surface area contributed by atoms with Gasteiger partial charge in [-0.05, 0) is 31.3 Å². The molecule has 0 amide bonds. The fraction of sp³-hybridized carbons (Fsp3) is 0.720. The molecule has 1 aliphatic heterocycles. The molecule has 4 aliphatic rings. The zero-order chi connectivity index (χ0) is 25.4. The number of carbonyl (C=O) groups excluding carboxylic acids is 5. The first-order chi connectivity index (χ1) is 15.7. The Hall–Kier alpha value is -2.71. The summed E-state index contributed by atoms with van der Waals surface area (Å²) in [5, 5.41) is 0. The monoisotopic (exact) mass is 476 g/mol. The van der Waals surface area contributed by atoms with Crippen molar-refractivity contribution in [1.29, 1.82) is 0 Å². The van der Waals surface area contributed by atoms with Crippen molar-refractivity contribution in [3.05, 3.63) is 11.8 Å². The smallest absolute Gasteiger partial charge is 0.306 e. The second kappa shape index (κ2) is 7.65. The first-order valence-electron chi connectivity index (χ1n) is 11.6. The summed E-state index contributed by atoms with van der Waals surface area (Å²) < 4.78 is 22.5. The van der Waals surface area contributed by atoms with Gasteiger partial charge in [-0.2, -0.15) is 0 Å². The van der Waals surface area contributed by atoms with Crippen LogP contribution < -0.4 is 0 Å². The Morgan fingerprint density at radius 2 is 1.74 bits per heavy atom. The summed E-state index contributed by atoms with van der Waals surface area (Å²) in [5.74, 6) is -4.60. The Kier molecular flexibility index (Phi) is 5.49. The molecule has 3 aliphatic carbocycles. The van der Waals surface area contributed by atoms with Gasteiger partial charge in [0.25, 0.3) is 0 Å². The van der Waals surface area contributed by atoms with Gasteiger partial charge in [-0.1, -0.05) is 20.8 Å². The number of ketones is 2. The molecular weight excluding hydrogens is 444 g/mol. The van der Waals surface area contributed by atoms with E-state index in [1.54, 1.807) is 13.0 Å². The molecule has 9 nitrogen and oxygen atoms in total. The van der Waals surface area contributed by atoms with Crippen molar-refractivity contribution in [2.75, 3.05) is 7.11 Å². The van der Waals surface area contributed by atoms with Gasteiger partial charge in [0.05, 0.1) is 13.5 Å². The van der Waals surface area contributed by atoms with Crippen molar-refractivity contribution < 1.29 is 42.9 Å². The molecule has 0 bridgehead atoms. The predicted molar refractivity (Wildman–Crippen MR) is 116 cm³/mol. The third-order valence-electron chi connectivity index (χ3n) is 8.99. The Balaban J connectivity index is 2.01. The standard InChI is InChI=1S/C25H32O9/c1-11-8-15(31-7)21(29)23(4)14(11)9-17-24(5)16(10-18(28)33-17)25(6,34-13(3)27)22(30)19(20(23)24)32-12(2)26/h8,11,14,16-17,19-20H,9-10H2,1-7H3/t11-,14+,16-,17-,19+,20-,23+,24-,25+/m1/s1. The maximum atomic E-state index is 14.0. The summed E-state index contributed by atoms with van der Waals surface area (Å²) in [6.45, 7) is 9.45. The molecule has 34 heavy (non-hydrogen) atoms. The maximum Gasteiger partial charge on any atom is 0.306 e.